The summed E-state index contributed by atoms with van der Waals surface area (Å²) in [5, 5.41) is 20.4. The maximum atomic E-state index is 10.6. The number of hydrogen-bond acceptors (Lipinski definition) is 5. The molecule has 0 fully saturated rings. The van der Waals surface area contributed by atoms with Crippen LogP contribution >= 0.6 is 0 Å². The molecule has 0 saturated heterocycles. The molecule has 1 unspecified atom stereocenters. The van der Waals surface area contributed by atoms with E-state index in [9.17, 15) is 4.79 Å². The Balaban J connectivity index is 2.43. The van der Waals surface area contributed by atoms with Crippen molar-refractivity contribution in [3.05, 3.63) is 18.1 Å². The van der Waals surface area contributed by atoms with Gasteiger partial charge in [-0.1, -0.05) is 0 Å². The zero-order valence-corrected chi connectivity index (χ0v) is 9.76. The fraction of sp³-hybridized carbons (Fsp3) is 0.545. The van der Waals surface area contributed by atoms with Crippen LogP contribution < -0.4 is 5.32 Å². The second-order valence-corrected chi connectivity index (χ2v) is 3.86. The summed E-state index contributed by atoms with van der Waals surface area (Å²) in [5.41, 5.74) is -0.0662. The lowest BCUT2D eigenvalue weighted by Gasteiger charge is -2.13. The topological polar surface area (TPSA) is 95.3 Å². The van der Waals surface area contributed by atoms with E-state index >= 15 is 0 Å². The predicted molar refractivity (Wildman–Crippen MR) is 63.0 cm³/mol. The Hall–Kier alpha value is -1.69. The summed E-state index contributed by atoms with van der Waals surface area (Å²) in [6.07, 6.45) is 5.28. The summed E-state index contributed by atoms with van der Waals surface area (Å²) < 4.78 is 0. The molecule has 1 aromatic rings. The summed E-state index contributed by atoms with van der Waals surface area (Å²) in [4.78, 5) is 18.3. The van der Waals surface area contributed by atoms with Gasteiger partial charge in [0.1, 0.15) is 5.82 Å². The molecule has 94 valence electrons. The van der Waals surface area contributed by atoms with Gasteiger partial charge in [0, 0.05) is 12.6 Å². The number of aliphatic hydroxyl groups is 1. The lowest BCUT2D eigenvalue weighted by atomic mass is 10.1. The molecule has 1 atom stereocenters. The smallest absolute Gasteiger partial charge is 0.356 e. The third kappa shape index (κ3) is 4.78. The minimum Gasteiger partial charge on any atom is -0.476 e. The van der Waals surface area contributed by atoms with Crippen molar-refractivity contribution >= 4 is 11.8 Å². The highest BCUT2D eigenvalue weighted by Crippen LogP contribution is 2.07. The number of aromatic nitrogens is 2. The molecule has 1 aromatic heterocycles. The van der Waals surface area contributed by atoms with Crippen LogP contribution in [-0.4, -0.2) is 38.8 Å². The van der Waals surface area contributed by atoms with Crippen molar-refractivity contribution < 1.29 is 15.0 Å². The van der Waals surface area contributed by atoms with Crippen molar-refractivity contribution in [3.8, 4) is 0 Å². The minimum atomic E-state index is -1.08. The van der Waals surface area contributed by atoms with Gasteiger partial charge in [-0.05, 0) is 26.2 Å². The van der Waals surface area contributed by atoms with E-state index in [1.165, 1.54) is 12.4 Å². The third-order valence-electron chi connectivity index (χ3n) is 2.31. The molecule has 0 saturated carbocycles. The maximum absolute atomic E-state index is 10.6. The Bertz CT molecular complexity index is 353. The van der Waals surface area contributed by atoms with Crippen molar-refractivity contribution in [2.24, 2.45) is 0 Å². The van der Waals surface area contributed by atoms with E-state index in [4.69, 9.17) is 10.2 Å². The molecule has 17 heavy (non-hydrogen) atoms. The van der Waals surface area contributed by atoms with Crippen LogP contribution in [0.15, 0.2) is 12.4 Å². The fourth-order valence-electron chi connectivity index (χ4n) is 1.40. The molecular weight excluding hydrogens is 222 g/mol. The number of rotatable bonds is 7. The molecule has 0 aromatic carbocycles. The highest BCUT2D eigenvalue weighted by Gasteiger charge is 2.06. The number of unbranched alkanes of at least 4 members (excludes halogenated alkanes) is 1. The normalized spacial score (nSPS) is 12.1. The van der Waals surface area contributed by atoms with E-state index in [0.29, 0.717) is 5.82 Å². The molecule has 0 aliphatic heterocycles. The SMILES string of the molecule is CC(CCCCO)Nc1cnc(C(=O)O)cn1. The lowest BCUT2D eigenvalue weighted by Crippen LogP contribution is -2.16. The minimum absolute atomic E-state index is 0.0662. The van der Waals surface area contributed by atoms with Crippen molar-refractivity contribution in [2.75, 3.05) is 11.9 Å². The summed E-state index contributed by atoms with van der Waals surface area (Å²) in [6, 6.07) is 0.214. The third-order valence-corrected chi connectivity index (χ3v) is 2.31. The Morgan fingerprint density at radius 2 is 2.18 bits per heavy atom. The molecule has 1 rings (SSSR count). The second-order valence-electron chi connectivity index (χ2n) is 3.86. The zero-order chi connectivity index (χ0) is 12.7. The van der Waals surface area contributed by atoms with Gasteiger partial charge in [0.25, 0.3) is 0 Å². The summed E-state index contributed by atoms with van der Waals surface area (Å²) in [5.74, 6) is -0.522. The molecule has 3 N–H and O–H groups in total. The Morgan fingerprint density at radius 3 is 2.71 bits per heavy atom. The molecule has 0 amide bonds. The predicted octanol–water partition coefficient (Wildman–Crippen LogP) is 1.14. The second kappa shape index (κ2) is 6.80. The van der Waals surface area contributed by atoms with E-state index < -0.39 is 5.97 Å². The number of anilines is 1. The summed E-state index contributed by atoms with van der Waals surface area (Å²) >= 11 is 0. The van der Waals surface area contributed by atoms with Crippen molar-refractivity contribution in [1.29, 1.82) is 0 Å². The van der Waals surface area contributed by atoms with Gasteiger partial charge < -0.3 is 15.5 Å². The molecule has 6 nitrogen and oxygen atoms in total. The fourth-order valence-corrected chi connectivity index (χ4v) is 1.40. The Morgan fingerprint density at radius 1 is 1.41 bits per heavy atom. The number of carbonyl (C=O) groups is 1. The van der Waals surface area contributed by atoms with Gasteiger partial charge in [0.15, 0.2) is 5.69 Å². The van der Waals surface area contributed by atoms with E-state index in [1.807, 2.05) is 6.92 Å². The van der Waals surface area contributed by atoms with Gasteiger partial charge >= 0.3 is 5.97 Å². The first-order valence-electron chi connectivity index (χ1n) is 5.56. The van der Waals surface area contributed by atoms with Gasteiger partial charge in [0.05, 0.1) is 12.4 Å². The Kier molecular flexibility index (Phi) is 5.35. The van der Waals surface area contributed by atoms with Crippen LogP contribution in [0.3, 0.4) is 0 Å². The molecular formula is C11H17N3O3. The molecule has 0 spiro atoms. The van der Waals surface area contributed by atoms with Crippen molar-refractivity contribution in [1.82, 2.24) is 9.97 Å². The molecule has 0 aliphatic carbocycles. The van der Waals surface area contributed by atoms with Crippen LogP contribution in [0.4, 0.5) is 5.82 Å². The molecule has 0 bridgehead atoms. The van der Waals surface area contributed by atoms with Crippen LogP contribution in [0.25, 0.3) is 0 Å². The van der Waals surface area contributed by atoms with Gasteiger partial charge in [0.2, 0.25) is 0 Å². The van der Waals surface area contributed by atoms with Gasteiger partial charge in [-0.2, -0.15) is 0 Å². The molecule has 0 radical (unpaired) electrons. The van der Waals surface area contributed by atoms with Gasteiger partial charge in [-0.15, -0.1) is 0 Å². The average molecular weight is 239 g/mol. The van der Waals surface area contributed by atoms with E-state index in [-0.39, 0.29) is 18.3 Å². The quantitative estimate of drug-likeness (QED) is 0.617. The first-order chi connectivity index (χ1) is 8.13. The van der Waals surface area contributed by atoms with Crippen LogP contribution in [0.1, 0.15) is 36.7 Å². The van der Waals surface area contributed by atoms with E-state index in [1.54, 1.807) is 0 Å². The molecule has 0 aliphatic rings. The van der Waals surface area contributed by atoms with Gasteiger partial charge in [-0.3, -0.25) is 0 Å². The van der Waals surface area contributed by atoms with Crippen molar-refractivity contribution in [2.45, 2.75) is 32.2 Å². The number of nitrogens with one attached hydrogen (secondary N) is 1. The molecule has 6 heteroatoms. The maximum Gasteiger partial charge on any atom is 0.356 e. The zero-order valence-electron chi connectivity index (χ0n) is 9.76. The molecule has 1 heterocycles. The van der Waals surface area contributed by atoms with Crippen LogP contribution in [0.5, 0.6) is 0 Å². The van der Waals surface area contributed by atoms with E-state index in [0.717, 1.165) is 19.3 Å². The lowest BCUT2D eigenvalue weighted by molar-refractivity contribution is 0.0690. The number of carboxylic acids is 1. The monoisotopic (exact) mass is 239 g/mol. The Labute approximate surface area is 99.7 Å². The number of carboxylic acid groups (broad SMARTS) is 1. The standard InChI is InChI=1S/C11H17N3O3/c1-8(4-2-3-5-15)14-10-7-12-9(6-13-10)11(16)17/h6-8,15H,2-5H2,1H3,(H,13,14)(H,16,17). The highest BCUT2D eigenvalue weighted by molar-refractivity contribution is 5.84. The highest BCUT2D eigenvalue weighted by atomic mass is 16.4. The largest absolute Gasteiger partial charge is 0.476 e. The number of aliphatic hydroxyl groups excluding tert-OH is 1. The average Bonchev–Trinajstić information content (AvgIpc) is 2.30. The number of hydrogen-bond donors (Lipinski definition) is 3. The van der Waals surface area contributed by atoms with E-state index in [2.05, 4.69) is 15.3 Å². The van der Waals surface area contributed by atoms with Gasteiger partial charge in [-0.25, -0.2) is 14.8 Å². The number of aromatic carboxylic acids is 1. The van der Waals surface area contributed by atoms with Crippen LogP contribution in [0.2, 0.25) is 0 Å². The number of nitrogens with zero attached hydrogens (tertiary/aromatic N) is 2. The summed E-state index contributed by atoms with van der Waals surface area (Å²) in [7, 11) is 0. The first kappa shape index (κ1) is 13.4. The summed E-state index contributed by atoms with van der Waals surface area (Å²) in [6.45, 7) is 2.21. The van der Waals surface area contributed by atoms with Crippen LogP contribution in [0, 0.1) is 0 Å². The van der Waals surface area contributed by atoms with Crippen LogP contribution in [-0.2, 0) is 0 Å². The van der Waals surface area contributed by atoms with Crippen molar-refractivity contribution in [3.63, 3.8) is 0 Å². The first-order valence-corrected chi connectivity index (χ1v) is 5.56.